The van der Waals surface area contributed by atoms with Crippen LogP contribution in [0.1, 0.15) is 10.4 Å². The van der Waals surface area contributed by atoms with Crippen molar-refractivity contribution in [2.45, 2.75) is 0 Å². The third-order valence-corrected chi connectivity index (χ3v) is 2.61. The van der Waals surface area contributed by atoms with E-state index < -0.39 is 46.2 Å². The van der Waals surface area contributed by atoms with E-state index in [9.17, 15) is 26.7 Å². The van der Waals surface area contributed by atoms with Gasteiger partial charge in [-0.1, -0.05) is 0 Å². The van der Waals surface area contributed by atoms with Crippen LogP contribution < -0.4 is 11.1 Å². The zero-order valence-electron chi connectivity index (χ0n) is 10.2. The Morgan fingerprint density at radius 1 is 0.905 bits per heavy atom. The second kappa shape index (κ2) is 5.39. The molecule has 2 aromatic carbocycles. The maximum absolute atomic E-state index is 13.5. The second-order valence-electron chi connectivity index (χ2n) is 4.03. The molecule has 1 amide bonds. The summed E-state index contributed by atoms with van der Waals surface area (Å²) in [5.41, 5.74) is 3.79. The summed E-state index contributed by atoms with van der Waals surface area (Å²) in [6, 6.07) is 2.58. The number of benzene rings is 2. The Bertz CT molecular complexity index is 710. The molecule has 0 unspecified atom stereocenters. The average molecular weight is 302 g/mol. The summed E-state index contributed by atoms with van der Waals surface area (Å²) >= 11 is 0. The maximum Gasteiger partial charge on any atom is 0.256 e. The minimum absolute atomic E-state index is 0.287. The number of hydrogen-bond acceptors (Lipinski definition) is 2. The standard InChI is InChI=1S/C13H7F5N2O/c14-6-1-2-9(19)12(11(6)18)20-13(21)5-3-7(15)10(17)8(16)4-5/h1-4H,19H2,(H,20,21). The Hall–Kier alpha value is -2.64. The number of halogens is 5. The summed E-state index contributed by atoms with van der Waals surface area (Å²) in [5.74, 6) is -8.80. The van der Waals surface area contributed by atoms with E-state index in [0.29, 0.717) is 12.1 Å². The summed E-state index contributed by atoms with van der Waals surface area (Å²) in [7, 11) is 0. The van der Waals surface area contributed by atoms with Crippen molar-refractivity contribution in [3.05, 3.63) is 58.9 Å². The molecule has 0 saturated carbocycles. The van der Waals surface area contributed by atoms with Crippen LogP contribution in [0.3, 0.4) is 0 Å². The molecule has 110 valence electrons. The zero-order chi connectivity index (χ0) is 15.7. The van der Waals surface area contributed by atoms with Gasteiger partial charge in [0, 0.05) is 5.56 Å². The third-order valence-electron chi connectivity index (χ3n) is 2.61. The highest BCUT2D eigenvalue weighted by atomic mass is 19.2. The van der Waals surface area contributed by atoms with Crippen LogP contribution in [0.2, 0.25) is 0 Å². The minimum Gasteiger partial charge on any atom is -0.397 e. The molecule has 2 aromatic rings. The van der Waals surface area contributed by atoms with Crippen molar-refractivity contribution < 1.29 is 26.7 Å². The Balaban J connectivity index is 2.37. The number of nitrogens with one attached hydrogen (secondary N) is 1. The van der Waals surface area contributed by atoms with Crippen LogP contribution in [-0.2, 0) is 0 Å². The lowest BCUT2D eigenvalue weighted by molar-refractivity contribution is 0.102. The van der Waals surface area contributed by atoms with E-state index in [4.69, 9.17) is 5.73 Å². The molecule has 0 aliphatic carbocycles. The van der Waals surface area contributed by atoms with Crippen molar-refractivity contribution in [1.29, 1.82) is 0 Å². The number of nitrogen functional groups attached to an aromatic ring is 1. The molecule has 0 atom stereocenters. The van der Waals surface area contributed by atoms with E-state index >= 15 is 0 Å². The first-order chi connectivity index (χ1) is 9.81. The lowest BCUT2D eigenvalue weighted by Crippen LogP contribution is -2.16. The predicted molar refractivity (Wildman–Crippen MR) is 65.0 cm³/mol. The Kier molecular flexibility index (Phi) is 3.79. The number of anilines is 2. The number of rotatable bonds is 2. The van der Waals surface area contributed by atoms with Crippen LogP contribution >= 0.6 is 0 Å². The van der Waals surface area contributed by atoms with Crippen molar-refractivity contribution >= 4 is 17.3 Å². The summed E-state index contributed by atoms with van der Waals surface area (Å²) in [6.07, 6.45) is 0. The molecule has 8 heteroatoms. The van der Waals surface area contributed by atoms with E-state index in [1.807, 2.05) is 5.32 Å². The number of carbonyl (C=O) groups is 1. The molecule has 0 aliphatic rings. The number of amides is 1. The SMILES string of the molecule is Nc1ccc(F)c(F)c1NC(=O)c1cc(F)c(F)c(F)c1. The van der Waals surface area contributed by atoms with Crippen molar-refractivity contribution in [3.8, 4) is 0 Å². The van der Waals surface area contributed by atoms with Crippen LogP contribution in [0.15, 0.2) is 24.3 Å². The van der Waals surface area contributed by atoms with E-state index in [2.05, 4.69) is 0 Å². The smallest absolute Gasteiger partial charge is 0.256 e. The Morgan fingerprint density at radius 2 is 1.48 bits per heavy atom. The molecule has 0 saturated heterocycles. The quantitative estimate of drug-likeness (QED) is 0.508. The molecule has 0 fully saturated rings. The van der Waals surface area contributed by atoms with E-state index in [-0.39, 0.29) is 5.69 Å². The van der Waals surface area contributed by atoms with Crippen molar-refractivity contribution in [2.24, 2.45) is 0 Å². The fraction of sp³-hybridized carbons (Fsp3) is 0. The molecule has 3 nitrogen and oxygen atoms in total. The fourth-order valence-electron chi connectivity index (χ4n) is 1.56. The average Bonchev–Trinajstić information content (AvgIpc) is 2.44. The van der Waals surface area contributed by atoms with E-state index in [1.165, 1.54) is 0 Å². The summed E-state index contributed by atoms with van der Waals surface area (Å²) in [4.78, 5) is 11.7. The maximum atomic E-state index is 13.5. The predicted octanol–water partition coefficient (Wildman–Crippen LogP) is 3.22. The zero-order valence-corrected chi connectivity index (χ0v) is 10.2. The lowest BCUT2D eigenvalue weighted by atomic mass is 10.1. The molecule has 0 aromatic heterocycles. The van der Waals surface area contributed by atoms with Crippen molar-refractivity contribution in [2.75, 3.05) is 11.1 Å². The fourth-order valence-corrected chi connectivity index (χ4v) is 1.56. The number of nitrogens with two attached hydrogens (primary N) is 1. The molecule has 0 aliphatic heterocycles. The molecule has 0 spiro atoms. The Labute approximate surface area is 115 Å². The van der Waals surface area contributed by atoms with Gasteiger partial charge in [0.2, 0.25) is 0 Å². The normalized spacial score (nSPS) is 10.5. The van der Waals surface area contributed by atoms with Crippen LogP contribution in [0.5, 0.6) is 0 Å². The van der Waals surface area contributed by atoms with Gasteiger partial charge in [-0.25, -0.2) is 22.0 Å². The molecule has 0 radical (unpaired) electrons. The number of hydrogen-bond donors (Lipinski definition) is 2. The molecule has 0 bridgehead atoms. The van der Waals surface area contributed by atoms with Gasteiger partial charge in [-0.05, 0) is 24.3 Å². The van der Waals surface area contributed by atoms with Crippen molar-refractivity contribution in [1.82, 2.24) is 0 Å². The molecule has 2 rings (SSSR count). The molecule has 21 heavy (non-hydrogen) atoms. The summed E-state index contributed by atoms with van der Waals surface area (Å²) < 4.78 is 65.3. The second-order valence-corrected chi connectivity index (χ2v) is 4.03. The van der Waals surface area contributed by atoms with Gasteiger partial charge in [-0.2, -0.15) is 0 Å². The highest BCUT2D eigenvalue weighted by Crippen LogP contribution is 2.25. The summed E-state index contributed by atoms with van der Waals surface area (Å²) in [6.45, 7) is 0. The Morgan fingerprint density at radius 3 is 2.05 bits per heavy atom. The first kappa shape index (κ1) is 14.8. The topological polar surface area (TPSA) is 55.1 Å². The van der Waals surface area contributed by atoms with Crippen LogP contribution in [0, 0.1) is 29.1 Å². The van der Waals surface area contributed by atoms with Gasteiger partial charge < -0.3 is 11.1 Å². The van der Waals surface area contributed by atoms with Gasteiger partial charge in [0.25, 0.3) is 5.91 Å². The first-order valence-corrected chi connectivity index (χ1v) is 5.50. The van der Waals surface area contributed by atoms with Gasteiger partial charge in [0.05, 0.1) is 5.69 Å². The van der Waals surface area contributed by atoms with Gasteiger partial charge >= 0.3 is 0 Å². The van der Waals surface area contributed by atoms with Gasteiger partial charge in [0.1, 0.15) is 5.69 Å². The van der Waals surface area contributed by atoms with E-state index in [0.717, 1.165) is 12.1 Å². The molecule has 0 heterocycles. The van der Waals surface area contributed by atoms with E-state index in [1.54, 1.807) is 0 Å². The largest absolute Gasteiger partial charge is 0.397 e. The highest BCUT2D eigenvalue weighted by molar-refractivity contribution is 6.05. The lowest BCUT2D eigenvalue weighted by Gasteiger charge is -2.10. The van der Waals surface area contributed by atoms with Crippen molar-refractivity contribution in [3.63, 3.8) is 0 Å². The highest BCUT2D eigenvalue weighted by Gasteiger charge is 2.18. The van der Waals surface area contributed by atoms with Crippen LogP contribution in [0.4, 0.5) is 33.3 Å². The molecular formula is C13H7F5N2O. The van der Waals surface area contributed by atoms with Gasteiger partial charge in [-0.15, -0.1) is 0 Å². The van der Waals surface area contributed by atoms with Crippen LogP contribution in [-0.4, -0.2) is 5.91 Å². The number of carbonyl (C=O) groups excluding carboxylic acids is 1. The minimum atomic E-state index is -1.75. The molecule has 3 N–H and O–H groups in total. The first-order valence-electron chi connectivity index (χ1n) is 5.50. The molecular weight excluding hydrogens is 295 g/mol. The van der Waals surface area contributed by atoms with Gasteiger partial charge in [-0.3, -0.25) is 4.79 Å². The monoisotopic (exact) mass is 302 g/mol. The van der Waals surface area contributed by atoms with Gasteiger partial charge in [0.15, 0.2) is 29.1 Å². The third kappa shape index (κ3) is 2.78. The van der Waals surface area contributed by atoms with Crippen LogP contribution in [0.25, 0.3) is 0 Å². The summed E-state index contributed by atoms with van der Waals surface area (Å²) in [5, 5.41) is 1.87.